The minimum Gasteiger partial charge on any atom is -0.454 e. The molecule has 1 saturated heterocycles. The Balaban J connectivity index is 1.78. The molecule has 92 valence electrons. The lowest BCUT2D eigenvalue weighted by atomic mass is 10.1. The predicted octanol–water partition coefficient (Wildman–Crippen LogP) is 2.66. The molecule has 2 aliphatic heterocycles. The molecule has 0 saturated carbocycles. The number of fused-ring (bicyclic) bond motifs is 1. The van der Waals surface area contributed by atoms with Crippen molar-refractivity contribution in [2.24, 2.45) is 0 Å². The highest BCUT2D eigenvalue weighted by molar-refractivity contribution is 6.33. The third-order valence-electron chi connectivity index (χ3n) is 2.98. The summed E-state index contributed by atoms with van der Waals surface area (Å²) in [5, 5.41) is 4.04. The molecule has 1 aromatic rings. The van der Waals surface area contributed by atoms with Crippen molar-refractivity contribution < 1.29 is 14.2 Å². The van der Waals surface area contributed by atoms with Crippen molar-refractivity contribution in [3.05, 3.63) is 17.2 Å². The van der Waals surface area contributed by atoms with E-state index in [1.807, 2.05) is 6.07 Å². The summed E-state index contributed by atoms with van der Waals surface area (Å²) in [6.45, 7) is 1.85. The van der Waals surface area contributed by atoms with Crippen LogP contribution in [-0.2, 0) is 4.74 Å². The molecule has 1 atom stereocenters. The quantitative estimate of drug-likeness (QED) is 0.882. The number of hydrogen-bond donors (Lipinski definition) is 1. The molecule has 0 amide bonds. The van der Waals surface area contributed by atoms with Gasteiger partial charge in [-0.3, -0.25) is 0 Å². The van der Waals surface area contributed by atoms with Gasteiger partial charge in [-0.05, 0) is 12.8 Å². The van der Waals surface area contributed by atoms with Gasteiger partial charge in [0.05, 0.1) is 17.3 Å². The fourth-order valence-corrected chi connectivity index (χ4v) is 2.31. The Bertz CT molecular complexity index is 418. The van der Waals surface area contributed by atoms with E-state index < -0.39 is 0 Å². The van der Waals surface area contributed by atoms with E-state index in [1.54, 1.807) is 6.07 Å². The van der Waals surface area contributed by atoms with Crippen LogP contribution in [0.4, 0.5) is 5.69 Å². The third-order valence-corrected chi connectivity index (χ3v) is 3.29. The van der Waals surface area contributed by atoms with E-state index in [-0.39, 0.29) is 6.79 Å². The van der Waals surface area contributed by atoms with Crippen LogP contribution in [-0.4, -0.2) is 26.0 Å². The van der Waals surface area contributed by atoms with Gasteiger partial charge in [0.15, 0.2) is 11.5 Å². The molecule has 4 nitrogen and oxygen atoms in total. The zero-order valence-electron chi connectivity index (χ0n) is 9.37. The summed E-state index contributed by atoms with van der Waals surface area (Å²) in [6, 6.07) is 4.00. The number of anilines is 1. The molecule has 5 heteroatoms. The first-order valence-corrected chi connectivity index (χ1v) is 6.14. The smallest absolute Gasteiger partial charge is 0.231 e. The summed E-state index contributed by atoms with van der Waals surface area (Å²) in [7, 11) is 0. The Hall–Kier alpha value is -1.13. The van der Waals surface area contributed by atoms with Crippen molar-refractivity contribution in [1.29, 1.82) is 0 Å². The minimum atomic E-state index is 0.266. The van der Waals surface area contributed by atoms with Gasteiger partial charge in [0.25, 0.3) is 0 Å². The second-order valence-corrected chi connectivity index (χ2v) is 4.65. The number of halogens is 1. The van der Waals surface area contributed by atoms with Crippen molar-refractivity contribution in [3.63, 3.8) is 0 Å². The fraction of sp³-hybridized carbons (Fsp3) is 0.500. The Labute approximate surface area is 105 Å². The Morgan fingerprint density at radius 3 is 2.82 bits per heavy atom. The summed E-state index contributed by atoms with van der Waals surface area (Å²) in [6.07, 6.45) is 2.19. The van der Waals surface area contributed by atoms with Crippen molar-refractivity contribution >= 4 is 17.3 Å². The highest BCUT2D eigenvalue weighted by Crippen LogP contribution is 2.39. The summed E-state index contributed by atoms with van der Waals surface area (Å²) >= 11 is 6.19. The van der Waals surface area contributed by atoms with Crippen LogP contribution in [0.1, 0.15) is 12.8 Å². The third kappa shape index (κ3) is 2.28. The van der Waals surface area contributed by atoms with Crippen molar-refractivity contribution in [3.8, 4) is 11.5 Å². The Kier molecular flexibility index (Phi) is 2.99. The van der Waals surface area contributed by atoms with Crippen LogP contribution in [0.25, 0.3) is 0 Å². The molecule has 1 fully saturated rings. The van der Waals surface area contributed by atoms with E-state index in [0.29, 0.717) is 16.8 Å². The van der Waals surface area contributed by atoms with Crippen molar-refractivity contribution in [1.82, 2.24) is 0 Å². The van der Waals surface area contributed by atoms with Gasteiger partial charge in [-0.25, -0.2) is 0 Å². The first-order chi connectivity index (χ1) is 8.33. The lowest BCUT2D eigenvalue weighted by Gasteiger charge is -2.24. The normalized spacial score (nSPS) is 22.5. The molecule has 17 heavy (non-hydrogen) atoms. The molecule has 2 heterocycles. The maximum Gasteiger partial charge on any atom is 0.231 e. The largest absolute Gasteiger partial charge is 0.454 e. The average Bonchev–Trinajstić information content (AvgIpc) is 2.78. The van der Waals surface area contributed by atoms with E-state index >= 15 is 0 Å². The summed E-state index contributed by atoms with van der Waals surface area (Å²) in [5.74, 6) is 1.45. The van der Waals surface area contributed by atoms with E-state index in [2.05, 4.69) is 5.32 Å². The van der Waals surface area contributed by atoms with Crippen molar-refractivity contribution in [2.75, 3.05) is 25.3 Å². The second kappa shape index (κ2) is 4.63. The van der Waals surface area contributed by atoms with Gasteiger partial charge in [-0.2, -0.15) is 0 Å². The molecule has 0 spiro atoms. The van der Waals surface area contributed by atoms with Gasteiger partial charge < -0.3 is 19.5 Å². The fourth-order valence-electron chi connectivity index (χ4n) is 2.10. The standard InChI is InChI=1S/C12H14ClNO3/c13-9-4-11-12(17-7-16-11)5-10(9)14-8-2-1-3-15-6-8/h4-5,8,14H,1-3,6-7H2. The monoisotopic (exact) mass is 255 g/mol. The molecule has 0 aliphatic carbocycles. The topological polar surface area (TPSA) is 39.7 Å². The van der Waals surface area contributed by atoms with Gasteiger partial charge in [-0.1, -0.05) is 11.6 Å². The van der Waals surface area contributed by atoms with Crippen LogP contribution in [0.2, 0.25) is 5.02 Å². The number of nitrogens with one attached hydrogen (secondary N) is 1. The van der Waals surface area contributed by atoms with E-state index in [9.17, 15) is 0 Å². The zero-order valence-corrected chi connectivity index (χ0v) is 10.1. The minimum absolute atomic E-state index is 0.266. The molecule has 0 aromatic heterocycles. The van der Waals surface area contributed by atoms with Gasteiger partial charge >= 0.3 is 0 Å². The van der Waals surface area contributed by atoms with Gasteiger partial charge in [-0.15, -0.1) is 0 Å². The molecule has 0 radical (unpaired) electrons. The molecular formula is C12H14ClNO3. The van der Waals surface area contributed by atoms with Crippen molar-refractivity contribution in [2.45, 2.75) is 18.9 Å². The number of rotatable bonds is 2. The molecular weight excluding hydrogens is 242 g/mol. The lowest BCUT2D eigenvalue weighted by Crippen LogP contribution is -2.30. The zero-order chi connectivity index (χ0) is 11.7. The molecule has 1 unspecified atom stereocenters. The summed E-state index contributed by atoms with van der Waals surface area (Å²) in [5.41, 5.74) is 0.881. The highest BCUT2D eigenvalue weighted by Gasteiger charge is 2.19. The van der Waals surface area contributed by atoms with Crippen LogP contribution < -0.4 is 14.8 Å². The Morgan fingerprint density at radius 1 is 1.24 bits per heavy atom. The Morgan fingerprint density at radius 2 is 2.06 bits per heavy atom. The van der Waals surface area contributed by atoms with Gasteiger partial charge in [0, 0.05) is 24.8 Å². The van der Waals surface area contributed by atoms with E-state index in [1.165, 1.54) is 0 Å². The number of ether oxygens (including phenoxy) is 3. The second-order valence-electron chi connectivity index (χ2n) is 4.24. The highest BCUT2D eigenvalue weighted by atomic mass is 35.5. The average molecular weight is 256 g/mol. The maximum atomic E-state index is 6.19. The van der Waals surface area contributed by atoms with Crippen LogP contribution >= 0.6 is 11.6 Å². The lowest BCUT2D eigenvalue weighted by molar-refractivity contribution is 0.0876. The van der Waals surface area contributed by atoms with E-state index in [0.717, 1.165) is 37.5 Å². The van der Waals surface area contributed by atoms with Crippen LogP contribution in [0.5, 0.6) is 11.5 Å². The van der Waals surface area contributed by atoms with E-state index in [4.69, 9.17) is 25.8 Å². The summed E-state index contributed by atoms with van der Waals surface area (Å²) < 4.78 is 16.0. The first kappa shape index (κ1) is 11.0. The molecule has 1 N–H and O–H groups in total. The number of hydrogen-bond acceptors (Lipinski definition) is 4. The first-order valence-electron chi connectivity index (χ1n) is 5.76. The van der Waals surface area contributed by atoms with Crippen LogP contribution in [0, 0.1) is 0 Å². The molecule has 3 rings (SSSR count). The molecule has 2 aliphatic rings. The maximum absolute atomic E-state index is 6.19. The molecule has 1 aromatic carbocycles. The van der Waals surface area contributed by atoms with Gasteiger partial charge in [0.1, 0.15) is 0 Å². The van der Waals surface area contributed by atoms with Gasteiger partial charge in [0.2, 0.25) is 6.79 Å². The van der Waals surface area contributed by atoms with Crippen LogP contribution in [0.15, 0.2) is 12.1 Å². The number of benzene rings is 1. The predicted molar refractivity (Wildman–Crippen MR) is 65.0 cm³/mol. The van der Waals surface area contributed by atoms with Crippen LogP contribution in [0.3, 0.4) is 0 Å². The summed E-state index contributed by atoms with van der Waals surface area (Å²) in [4.78, 5) is 0. The molecule has 0 bridgehead atoms. The SMILES string of the molecule is Clc1cc2c(cc1NC1CCCOC1)OCO2.